The Bertz CT molecular complexity index is 967. The minimum atomic E-state index is -1.88. The number of amides is 1. The van der Waals surface area contributed by atoms with Crippen LogP contribution in [0.5, 0.6) is 0 Å². The van der Waals surface area contributed by atoms with E-state index in [0.717, 1.165) is 0 Å². The first kappa shape index (κ1) is 22.7. The number of Topliss-reactive ketones (excluding diaryl/α,β-unsaturated/α-hetero) is 1. The zero-order valence-corrected chi connectivity index (χ0v) is 16.9. The van der Waals surface area contributed by atoms with Crippen LogP contribution in [-0.2, 0) is 23.9 Å². The highest BCUT2D eigenvalue weighted by Gasteiger charge is 2.68. The molecule has 0 saturated carbocycles. The molecule has 4 N–H and O–H groups in total. The number of ketones is 1. The van der Waals surface area contributed by atoms with Gasteiger partial charge in [0.05, 0.1) is 5.92 Å². The van der Waals surface area contributed by atoms with Gasteiger partial charge in [0.2, 0.25) is 11.7 Å². The van der Waals surface area contributed by atoms with E-state index < -0.39 is 52.2 Å². The van der Waals surface area contributed by atoms with Crippen LogP contribution in [0.1, 0.15) is 27.7 Å². The topological polar surface area (TPSA) is 150 Å². The summed E-state index contributed by atoms with van der Waals surface area (Å²) < 4.78 is 5.36. The number of hydrogen-bond acceptors (Lipinski definition) is 7. The number of fused-ring (bicyclic) bond motifs is 1. The Kier molecular flexibility index (Phi) is 6.06. The Morgan fingerprint density at radius 2 is 1.73 bits per heavy atom. The first-order valence-corrected chi connectivity index (χ1v) is 9.04. The smallest absolute Gasteiger partial charge is 0.333 e. The molecule has 9 heteroatoms. The standard InChI is InChI=1S/C21H23NO8/c1-5-6-7-8-12(23)15-16(27)11(2)18(28)21(4)17(15)20(3,19(29)30-21)22-13(24)9-10-14(25)26/h5-10,17,23,27H,1-4H3,(H,22,24)(H,25,26)/b6-5+,8-7+,10-9+,15-12-/t17-,20+,21+/m0/s1. The predicted octanol–water partition coefficient (Wildman–Crippen LogP) is 1.79. The molecular formula is C21H23NO8. The fourth-order valence-corrected chi connectivity index (χ4v) is 3.77. The number of rotatable bonds is 5. The van der Waals surface area contributed by atoms with Crippen molar-refractivity contribution in [3.63, 3.8) is 0 Å². The van der Waals surface area contributed by atoms with Gasteiger partial charge in [0.25, 0.3) is 0 Å². The monoisotopic (exact) mass is 417 g/mol. The molecule has 9 nitrogen and oxygen atoms in total. The van der Waals surface area contributed by atoms with Crippen LogP contribution in [0.3, 0.4) is 0 Å². The number of aliphatic carboxylic acids is 1. The van der Waals surface area contributed by atoms with Gasteiger partial charge in [-0.1, -0.05) is 18.2 Å². The lowest BCUT2D eigenvalue weighted by Crippen LogP contribution is -2.59. The van der Waals surface area contributed by atoms with E-state index in [1.807, 2.05) is 0 Å². The molecule has 0 bridgehead atoms. The van der Waals surface area contributed by atoms with Gasteiger partial charge in [-0.25, -0.2) is 9.59 Å². The Morgan fingerprint density at radius 3 is 2.30 bits per heavy atom. The number of carboxylic acids is 1. The molecule has 0 aromatic heterocycles. The lowest BCUT2D eigenvalue weighted by atomic mass is 9.65. The average Bonchev–Trinajstić information content (AvgIpc) is 2.86. The van der Waals surface area contributed by atoms with E-state index in [4.69, 9.17) is 9.84 Å². The summed E-state index contributed by atoms with van der Waals surface area (Å²) in [6.07, 6.45) is 7.36. The van der Waals surface area contributed by atoms with Gasteiger partial charge in [0.15, 0.2) is 5.60 Å². The summed E-state index contributed by atoms with van der Waals surface area (Å²) in [5.41, 5.74) is -3.93. The van der Waals surface area contributed by atoms with Crippen LogP contribution in [0, 0.1) is 5.92 Å². The van der Waals surface area contributed by atoms with Crippen LogP contribution in [0.4, 0.5) is 0 Å². The minimum absolute atomic E-state index is 0.108. The van der Waals surface area contributed by atoms with Crippen molar-refractivity contribution in [1.29, 1.82) is 0 Å². The van der Waals surface area contributed by atoms with Crippen molar-refractivity contribution in [2.75, 3.05) is 0 Å². The highest BCUT2D eigenvalue weighted by molar-refractivity contribution is 6.09. The van der Waals surface area contributed by atoms with Crippen LogP contribution in [0.25, 0.3) is 0 Å². The number of carbonyl (C=O) groups excluding carboxylic acids is 3. The molecule has 0 radical (unpaired) electrons. The third-order valence-electron chi connectivity index (χ3n) is 5.14. The van der Waals surface area contributed by atoms with Crippen LogP contribution >= 0.6 is 0 Å². The summed E-state index contributed by atoms with van der Waals surface area (Å²) in [5.74, 6) is -6.17. The summed E-state index contributed by atoms with van der Waals surface area (Å²) in [5, 5.41) is 32.3. The molecule has 1 aliphatic heterocycles. The molecular weight excluding hydrogens is 394 g/mol. The summed E-state index contributed by atoms with van der Waals surface area (Å²) in [7, 11) is 0. The van der Waals surface area contributed by atoms with Crippen molar-refractivity contribution in [2.24, 2.45) is 5.92 Å². The van der Waals surface area contributed by atoms with Gasteiger partial charge in [-0.05, 0) is 33.8 Å². The lowest BCUT2D eigenvalue weighted by molar-refractivity contribution is -0.157. The minimum Gasteiger partial charge on any atom is -0.508 e. The van der Waals surface area contributed by atoms with E-state index in [-0.39, 0.29) is 11.1 Å². The van der Waals surface area contributed by atoms with Crippen molar-refractivity contribution in [1.82, 2.24) is 5.32 Å². The summed E-state index contributed by atoms with van der Waals surface area (Å²) in [6.45, 7) is 5.70. The van der Waals surface area contributed by atoms with Gasteiger partial charge in [-0.2, -0.15) is 0 Å². The van der Waals surface area contributed by atoms with E-state index in [0.29, 0.717) is 12.2 Å². The van der Waals surface area contributed by atoms with E-state index in [1.54, 1.807) is 19.1 Å². The molecule has 0 aromatic rings. The van der Waals surface area contributed by atoms with Gasteiger partial charge < -0.3 is 25.4 Å². The number of aliphatic hydroxyl groups is 2. The molecule has 30 heavy (non-hydrogen) atoms. The number of carbonyl (C=O) groups is 4. The first-order valence-electron chi connectivity index (χ1n) is 9.04. The molecule has 0 aromatic carbocycles. The molecule has 1 aliphatic carbocycles. The number of hydrogen-bond donors (Lipinski definition) is 4. The maximum Gasteiger partial charge on any atom is 0.333 e. The Balaban J connectivity index is 2.69. The molecule has 2 aliphatic rings. The lowest BCUT2D eigenvalue weighted by Gasteiger charge is -2.39. The summed E-state index contributed by atoms with van der Waals surface area (Å²) in [6, 6.07) is 0. The maximum absolute atomic E-state index is 12.9. The highest BCUT2D eigenvalue weighted by Crippen LogP contribution is 2.51. The van der Waals surface area contributed by atoms with Gasteiger partial charge in [-0.3, -0.25) is 9.59 Å². The number of carboxylic acid groups (broad SMARTS) is 1. The zero-order chi connectivity index (χ0) is 22.9. The second-order valence-corrected chi connectivity index (χ2v) is 7.28. The van der Waals surface area contributed by atoms with Gasteiger partial charge in [0, 0.05) is 23.3 Å². The summed E-state index contributed by atoms with van der Waals surface area (Å²) >= 11 is 0. The third-order valence-corrected chi connectivity index (χ3v) is 5.14. The number of ether oxygens (including phenoxy) is 1. The average molecular weight is 417 g/mol. The molecule has 1 saturated heterocycles. The predicted molar refractivity (Wildman–Crippen MR) is 105 cm³/mol. The molecule has 2 rings (SSSR count). The van der Waals surface area contributed by atoms with Crippen molar-refractivity contribution >= 4 is 23.6 Å². The number of nitrogens with one attached hydrogen (secondary N) is 1. The highest BCUT2D eigenvalue weighted by atomic mass is 16.6. The fourth-order valence-electron chi connectivity index (χ4n) is 3.77. The zero-order valence-electron chi connectivity index (χ0n) is 16.9. The normalized spacial score (nSPS) is 30.9. The van der Waals surface area contributed by atoms with Crippen LogP contribution in [-0.4, -0.2) is 50.1 Å². The molecule has 1 amide bonds. The van der Waals surface area contributed by atoms with E-state index >= 15 is 0 Å². The molecule has 1 heterocycles. The Labute approximate surface area is 172 Å². The molecule has 0 spiro atoms. The SMILES string of the molecule is C/C=C/C=C/C(O)=C1\C(O)=C(C)C(=O)[C@]2(C)OC(=O)[C@](C)(NC(=O)/C=C/C(=O)O)[C@H]12. The number of allylic oxidation sites excluding steroid dienone is 5. The quantitative estimate of drug-likeness (QED) is 0.229. The van der Waals surface area contributed by atoms with Gasteiger partial charge >= 0.3 is 11.9 Å². The van der Waals surface area contributed by atoms with Crippen molar-refractivity contribution in [2.45, 2.75) is 38.8 Å². The van der Waals surface area contributed by atoms with Crippen molar-refractivity contribution < 1.29 is 39.2 Å². The maximum atomic E-state index is 12.9. The van der Waals surface area contributed by atoms with E-state index in [2.05, 4.69) is 5.32 Å². The van der Waals surface area contributed by atoms with Crippen LogP contribution in [0.2, 0.25) is 0 Å². The molecule has 0 unspecified atom stereocenters. The Morgan fingerprint density at radius 1 is 1.10 bits per heavy atom. The number of aliphatic hydroxyl groups excluding tert-OH is 2. The van der Waals surface area contributed by atoms with Gasteiger partial charge in [-0.15, -0.1) is 0 Å². The third kappa shape index (κ3) is 3.66. The van der Waals surface area contributed by atoms with Crippen molar-refractivity contribution in [3.05, 3.63) is 59.1 Å². The number of esters is 1. The molecule has 1 fully saturated rings. The van der Waals surface area contributed by atoms with E-state index in [9.17, 15) is 29.4 Å². The second-order valence-electron chi connectivity index (χ2n) is 7.28. The van der Waals surface area contributed by atoms with Crippen LogP contribution < -0.4 is 5.32 Å². The van der Waals surface area contributed by atoms with E-state index in [1.165, 1.54) is 32.9 Å². The Hall–Kier alpha value is -3.62. The second kappa shape index (κ2) is 8.02. The fraction of sp³-hybridized carbons (Fsp3) is 0.333. The molecule has 3 atom stereocenters. The van der Waals surface area contributed by atoms with Gasteiger partial charge in [0.1, 0.15) is 17.1 Å². The first-order chi connectivity index (χ1) is 13.9. The van der Waals surface area contributed by atoms with Crippen LogP contribution in [0.15, 0.2) is 59.1 Å². The van der Waals surface area contributed by atoms with Crippen molar-refractivity contribution in [3.8, 4) is 0 Å². The largest absolute Gasteiger partial charge is 0.508 e. The summed E-state index contributed by atoms with van der Waals surface area (Å²) in [4.78, 5) is 48.5. The molecule has 160 valence electrons.